The van der Waals surface area contributed by atoms with Crippen LogP contribution in [0, 0.1) is 0 Å². The van der Waals surface area contributed by atoms with Crippen molar-refractivity contribution < 1.29 is 59.4 Å². The molecule has 2 saturated heterocycles. The van der Waals surface area contributed by atoms with Crippen molar-refractivity contribution in [1.82, 2.24) is 39.7 Å². The molecule has 0 saturated carbocycles. The summed E-state index contributed by atoms with van der Waals surface area (Å²) in [5.74, 6) is -3.30. The Morgan fingerprint density at radius 1 is 0.426 bits per heavy atom. The summed E-state index contributed by atoms with van der Waals surface area (Å²) < 4.78 is 0. The molecule has 0 radical (unpaired) electrons. The van der Waals surface area contributed by atoms with Crippen LogP contribution in [-0.4, -0.2) is 159 Å². The molecule has 0 amide bonds. The Morgan fingerprint density at radius 3 is 0.985 bits per heavy atom. The Morgan fingerprint density at radius 2 is 0.721 bits per heavy atom. The zero-order valence-electron chi connectivity index (χ0n) is 36.5. The van der Waals surface area contributed by atoms with E-state index in [0.717, 1.165) is 111 Å². The van der Waals surface area contributed by atoms with E-state index in [1.807, 2.05) is 73.1 Å². The zero-order chi connectivity index (χ0) is 49.3. The molecular formula is C46H50N10O12. The number of rotatable bonds is 12. The largest absolute Gasteiger partial charge is 0.478 e. The maximum absolute atomic E-state index is 9.55. The maximum atomic E-state index is 9.55. The number of carboxylic acid groups (broad SMARTS) is 6. The highest BCUT2D eigenvalue weighted by molar-refractivity contribution is 5.90. The average molecular weight is 935 g/mol. The Labute approximate surface area is 388 Å². The quantitative estimate of drug-likeness (QED) is 0.0811. The van der Waals surface area contributed by atoms with Gasteiger partial charge in [-0.1, -0.05) is 36.4 Å². The van der Waals surface area contributed by atoms with E-state index in [1.165, 1.54) is 0 Å². The first-order chi connectivity index (χ1) is 32.6. The van der Waals surface area contributed by atoms with Gasteiger partial charge in [-0.3, -0.25) is 9.80 Å². The molecule has 2 aromatic carbocycles. The van der Waals surface area contributed by atoms with Crippen LogP contribution < -0.4 is 9.80 Å². The summed E-state index contributed by atoms with van der Waals surface area (Å²) in [7, 11) is 0. The van der Waals surface area contributed by atoms with Crippen LogP contribution in [-0.2, 0) is 41.9 Å². The van der Waals surface area contributed by atoms with Crippen LogP contribution in [0.4, 0.5) is 11.6 Å². The molecule has 4 aromatic heterocycles. The van der Waals surface area contributed by atoms with Gasteiger partial charge in [0.1, 0.15) is 23.3 Å². The summed E-state index contributed by atoms with van der Waals surface area (Å²) in [5.41, 5.74) is 4.32. The highest BCUT2D eigenvalue weighted by Crippen LogP contribution is 2.17. The van der Waals surface area contributed by atoms with Crippen LogP contribution in [0.1, 0.15) is 11.6 Å². The van der Waals surface area contributed by atoms with E-state index in [2.05, 4.69) is 73.8 Å². The first-order valence-corrected chi connectivity index (χ1v) is 20.7. The van der Waals surface area contributed by atoms with Gasteiger partial charge in [0.25, 0.3) is 0 Å². The Hall–Kier alpha value is -8.76. The molecule has 8 N–H and O–H groups in total. The van der Waals surface area contributed by atoms with Crippen LogP contribution in [0.2, 0.25) is 0 Å². The SMILES string of the molecule is O=C(O)/C=C/C(=O)O.O=C(O)/C=C/C(=O)O.O=C(O)/C=C/C(=O)O.c1ccc(N2CCN(Cc3nc4ccccc4[nH]3)CC2)nc1.c1ccc(N2CCN(Cc3nc4ccccc4[nH]3)CC2)nc1. The smallest absolute Gasteiger partial charge is 0.328 e. The van der Waals surface area contributed by atoms with E-state index in [-0.39, 0.29) is 0 Å². The second-order valence-electron chi connectivity index (χ2n) is 14.3. The number of fused-ring (bicyclic) bond motifs is 2. The molecule has 0 unspecified atom stereocenters. The van der Waals surface area contributed by atoms with E-state index >= 15 is 0 Å². The molecule has 2 fully saturated rings. The van der Waals surface area contributed by atoms with Crippen LogP contribution in [0.15, 0.2) is 134 Å². The van der Waals surface area contributed by atoms with Gasteiger partial charge in [-0.15, -0.1) is 0 Å². The lowest BCUT2D eigenvalue weighted by Crippen LogP contribution is -2.46. The minimum Gasteiger partial charge on any atom is -0.478 e. The van der Waals surface area contributed by atoms with Gasteiger partial charge < -0.3 is 50.4 Å². The predicted molar refractivity (Wildman–Crippen MR) is 249 cm³/mol. The van der Waals surface area contributed by atoms with E-state index < -0.39 is 35.8 Å². The molecule has 0 atom stereocenters. The number of piperazine rings is 2. The van der Waals surface area contributed by atoms with Crippen LogP contribution >= 0.6 is 0 Å². The maximum Gasteiger partial charge on any atom is 0.328 e. The van der Waals surface area contributed by atoms with Gasteiger partial charge >= 0.3 is 35.8 Å². The van der Waals surface area contributed by atoms with Crippen molar-refractivity contribution in [2.45, 2.75) is 13.1 Å². The molecule has 22 nitrogen and oxygen atoms in total. The summed E-state index contributed by atoms with van der Waals surface area (Å²) in [4.78, 5) is 91.9. The molecule has 2 aliphatic rings. The fraction of sp³-hybridized carbons (Fsp3) is 0.217. The van der Waals surface area contributed by atoms with Gasteiger partial charge in [0.15, 0.2) is 0 Å². The average Bonchev–Trinajstić information content (AvgIpc) is 3.94. The van der Waals surface area contributed by atoms with E-state index in [0.29, 0.717) is 36.5 Å². The number of hydrogen-bond donors (Lipinski definition) is 8. The van der Waals surface area contributed by atoms with Crippen molar-refractivity contribution >= 4 is 69.5 Å². The molecular weight excluding hydrogens is 885 g/mol. The van der Waals surface area contributed by atoms with Crippen molar-refractivity contribution in [2.24, 2.45) is 0 Å². The third-order valence-corrected chi connectivity index (χ3v) is 9.42. The first kappa shape index (κ1) is 51.9. The fourth-order valence-corrected chi connectivity index (χ4v) is 6.36. The van der Waals surface area contributed by atoms with Crippen LogP contribution in [0.5, 0.6) is 0 Å². The van der Waals surface area contributed by atoms with Gasteiger partial charge in [0.2, 0.25) is 0 Å². The molecule has 356 valence electrons. The lowest BCUT2D eigenvalue weighted by Gasteiger charge is -2.34. The molecule has 6 aromatic rings. The molecule has 0 spiro atoms. The Kier molecular flexibility index (Phi) is 21.0. The number of aliphatic carboxylic acids is 6. The lowest BCUT2D eigenvalue weighted by atomic mass is 10.3. The standard InChI is InChI=1S/2C17H19N5.3C4H4O4/c2*1-2-6-15-14(5-1)19-16(20-15)13-21-9-11-22(12-10-21)17-7-3-4-8-18-17;3*5-3(6)1-2-4(7)8/h2*1-8H,9-13H2,(H,19,20);3*1-2H,(H,5,6)(H,7,8)/b;;3*2-1+. The van der Waals surface area contributed by atoms with Crippen molar-refractivity contribution in [3.63, 3.8) is 0 Å². The number of carboxylic acids is 6. The van der Waals surface area contributed by atoms with E-state index in [4.69, 9.17) is 30.6 Å². The summed E-state index contributed by atoms with van der Waals surface area (Å²) in [6.07, 6.45) is 7.06. The molecule has 6 heterocycles. The lowest BCUT2D eigenvalue weighted by molar-refractivity contribution is -0.134. The minimum absolute atomic E-state index is 0.558. The zero-order valence-corrected chi connectivity index (χ0v) is 36.5. The Bertz CT molecular complexity index is 2330. The minimum atomic E-state index is -1.26. The van der Waals surface area contributed by atoms with Gasteiger partial charge in [-0.05, 0) is 48.5 Å². The summed E-state index contributed by atoms with van der Waals surface area (Å²) >= 11 is 0. The monoisotopic (exact) mass is 934 g/mol. The normalized spacial score (nSPS) is 13.9. The number of nitrogens with one attached hydrogen (secondary N) is 2. The third kappa shape index (κ3) is 19.5. The number of carbonyl (C=O) groups is 6. The number of anilines is 2. The van der Waals surface area contributed by atoms with Crippen LogP contribution in [0.25, 0.3) is 22.1 Å². The number of aromatic amines is 2. The number of hydrogen-bond acceptors (Lipinski definition) is 14. The van der Waals surface area contributed by atoms with E-state index in [1.54, 1.807) is 0 Å². The fourth-order valence-electron chi connectivity index (χ4n) is 6.36. The number of nitrogens with zero attached hydrogens (tertiary/aromatic N) is 8. The molecule has 0 bridgehead atoms. The number of para-hydroxylation sites is 4. The van der Waals surface area contributed by atoms with Crippen molar-refractivity contribution in [3.8, 4) is 0 Å². The van der Waals surface area contributed by atoms with Gasteiger partial charge in [0.05, 0.1) is 35.2 Å². The molecule has 68 heavy (non-hydrogen) atoms. The van der Waals surface area contributed by atoms with Crippen molar-refractivity contribution in [1.29, 1.82) is 0 Å². The Balaban J connectivity index is 0.000000204. The second kappa shape index (κ2) is 27.5. The number of pyridine rings is 2. The third-order valence-electron chi connectivity index (χ3n) is 9.42. The summed E-state index contributed by atoms with van der Waals surface area (Å²) in [6, 6.07) is 28.5. The molecule has 0 aliphatic carbocycles. The van der Waals surface area contributed by atoms with Gasteiger partial charge in [-0.25, -0.2) is 48.7 Å². The number of H-pyrrole nitrogens is 2. The molecule has 22 heteroatoms. The highest BCUT2D eigenvalue weighted by Gasteiger charge is 2.20. The number of imidazole rings is 2. The van der Waals surface area contributed by atoms with Crippen molar-refractivity contribution in [3.05, 3.63) is 145 Å². The topological polar surface area (TPSA) is 320 Å². The predicted octanol–water partition coefficient (Wildman–Crippen LogP) is 3.70. The molecule has 8 rings (SSSR count). The number of aromatic nitrogens is 6. The van der Waals surface area contributed by atoms with Gasteiger partial charge in [-0.2, -0.15) is 0 Å². The summed E-state index contributed by atoms with van der Waals surface area (Å²) in [6.45, 7) is 9.95. The summed E-state index contributed by atoms with van der Waals surface area (Å²) in [5, 5.41) is 46.9. The van der Waals surface area contributed by atoms with Gasteiger partial charge in [0, 0.05) is 101 Å². The van der Waals surface area contributed by atoms with Crippen LogP contribution in [0.3, 0.4) is 0 Å². The van der Waals surface area contributed by atoms with E-state index in [9.17, 15) is 28.8 Å². The van der Waals surface area contributed by atoms with Crippen molar-refractivity contribution in [2.75, 3.05) is 62.2 Å². The molecule has 2 aliphatic heterocycles. The first-order valence-electron chi connectivity index (χ1n) is 20.7. The highest BCUT2D eigenvalue weighted by atomic mass is 16.4. The second-order valence-corrected chi connectivity index (χ2v) is 14.3. The number of benzene rings is 2.